The number of aromatic nitrogens is 2. The van der Waals surface area contributed by atoms with E-state index in [1.165, 1.54) is 32.1 Å². The zero-order valence-electron chi connectivity index (χ0n) is 13.9. The Balaban J connectivity index is 1.38. The van der Waals surface area contributed by atoms with Gasteiger partial charge >= 0.3 is 6.03 Å². The second-order valence-electron chi connectivity index (χ2n) is 6.83. The van der Waals surface area contributed by atoms with E-state index in [1.807, 2.05) is 23.1 Å². The van der Waals surface area contributed by atoms with Crippen LogP contribution in [0.3, 0.4) is 0 Å². The molecule has 0 aromatic carbocycles. The Hall–Kier alpha value is -2.24. The fourth-order valence-electron chi connectivity index (χ4n) is 3.96. The molecule has 4 rings (SSSR count). The smallest absolute Gasteiger partial charge is 0.323 e. The van der Waals surface area contributed by atoms with Gasteiger partial charge in [-0.2, -0.15) is 5.10 Å². The van der Waals surface area contributed by atoms with Crippen LogP contribution in [-0.2, 0) is 6.54 Å². The molecule has 1 aliphatic carbocycles. The van der Waals surface area contributed by atoms with Crippen molar-refractivity contribution in [2.75, 3.05) is 11.9 Å². The number of carbonyl (C=O) groups is 1. The van der Waals surface area contributed by atoms with Crippen molar-refractivity contribution in [3.63, 3.8) is 0 Å². The van der Waals surface area contributed by atoms with Crippen LogP contribution in [0, 0.1) is 5.92 Å². The van der Waals surface area contributed by atoms with Crippen molar-refractivity contribution >= 4 is 11.8 Å². The van der Waals surface area contributed by atoms with E-state index in [-0.39, 0.29) is 6.03 Å². The summed E-state index contributed by atoms with van der Waals surface area (Å²) in [4.78, 5) is 14.7. The molecule has 2 amide bonds. The summed E-state index contributed by atoms with van der Waals surface area (Å²) in [5.74, 6) is 2.22. The monoisotopic (exact) mass is 328 g/mol. The molecule has 0 spiro atoms. The molecule has 1 unspecified atom stereocenters. The first-order valence-electron chi connectivity index (χ1n) is 8.93. The molecule has 24 heavy (non-hydrogen) atoms. The SMILES string of the molecule is O=C(Nc1ccnn1Cc1ccco1)N1CCC1C1CCCCC1. The zero-order valence-corrected chi connectivity index (χ0v) is 13.9. The zero-order chi connectivity index (χ0) is 16.4. The summed E-state index contributed by atoms with van der Waals surface area (Å²) in [7, 11) is 0. The molecule has 6 nitrogen and oxygen atoms in total. The molecule has 2 aliphatic rings. The number of hydrogen-bond acceptors (Lipinski definition) is 3. The number of amides is 2. The molecule has 128 valence electrons. The highest BCUT2D eigenvalue weighted by Crippen LogP contribution is 2.35. The van der Waals surface area contributed by atoms with Crippen molar-refractivity contribution in [2.24, 2.45) is 5.92 Å². The third-order valence-electron chi connectivity index (χ3n) is 5.36. The van der Waals surface area contributed by atoms with Crippen LogP contribution in [0.15, 0.2) is 35.1 Å². The van der Waals surface area contributed by atoms with Crippen molar-refractivity contribution in [2.45, 2.75) is 51.1 Å². The van der Waals surface area contributed by atoms with Gasteiger partial charge in [0.1, 0.15) is 18.1 Å². The van der Waals surface area contributed by atoms with Crippen LogP contribution >= 0.6 is 0 Å². The van der Waals surface area contributed by atoms with Crippen LogP contribution < -0.4 is 5.32 Å². The quantitative estimate of drug-likeness (QED) is 0.930. The van der Waals surface area contributed by atoms with Crippen LogP contribution in [0.5, 0.6) is 0 Å². The topological polar surface area (TPSA) is 63.3 Å². The summed E-state index contributed by atoms with van der Waals surface area (Å²) in [6.45, 7) is 1.38. The molecule has 2 aromatic heterocycles. The van der Waals surface area contributed by atoms with Crippen LogP contribution in [0.2, 0.25) is 0 Å². The highest BCUT2D eigenvalue weighted by atomic mass is 16.3. The van der Waals surface area contributed by atoms with Crippen LogP contribution in [0.4, 0.5) is 10.6 Å². The van der Waals surface area contributed by atoms with Gasteiger partial charge in [-0.05, 0) is 37.3 Å². The molecule has 1 atom stereocenters. The number of likely N-dealkylation sites (tertiary alicyclic amines) is 1. The summed E-state index contributed by atoms with van der Waals surface area (Å²) in [5.41, 5.74) is 0. The van der Waals surface area contributed by atoms with Gasteiger partial charge in [0.2, 0.25) is 0 Å². The molecule has 6 heteroatoms. The number of hydrogen-bond donors (Lipinski definition) is 1. The van der Waals surface area contributed by atoms with Gasteiger partial charge in [0.15, 0.2) is 0 Å². The summed E-state index contributed by atoms with van der Waals surface area (Å²) >= 11 is 0. The van der Waals surface area contributed by atoms with Gasteiger partial charge in [-0.15, -0.1) is 0 Å². The van der Waals surface area contributed by atoms with E-state index in [0.29, 0.717) is 24.3 Å². The van der Waals surface area contributed by atoms with E-state index in [1.54, 1.807) is 17.1 Å². The molecular formula is C18H24N4O2. The second-order valence-corrected chi connectivity index (χ2v) is 6.83. The van der Waals surface area contributed by atoms with Gasteiger partial charge in [0, 0.05) is 18.7 Å². The highest BCUT2D eigenvalue weighted by Gasteiger charge is 2.38. The van der Waals surface area contributed by atoms with Gasteiger partial charge in [-0.1, -0.05) is 19.3 Å². The Morgan fingerprint density at radius 1 is 1.25 bits per heavy atom. The lowest BCUT2D eigenvalue weighted by atomic mass is 9.79. The first-order valence-corrected chi connectivity index (χ1v) is 8.93. The number of anilines is 1. The van der Waals surface area contributed by atoms with Crippen LogP contribution in [-0.4, -0.2) is 33.3 Å². The predicted molar refractivity (Wildman–Crippen MR) is 90.7 cm³/mol. The molecular weight excluding hydrogens is 304 g/mol. The van der Waals surface area contributed by atoms with E-state index in [9.17, 15) is 4.79 Å². The number of urea groups is 1. The molecule has 1 N–H and O–H groups in total. The number of furan rings is 1. The van der Waals surface area contributed by atoms with Crippen LogP contribution in [0.1, 0.15) is 44.3 Å². The van der Waals surface area contributed by atoms with Crippen molar-refractivity contribution < 1.29 is 9.21 Å². The molecule has 1 saturated carbocycles. The van der Waals surface area contributed by atoms with Gasteiger partial charge < -0.3 is 9.32 Å². The van der Waals surface area contributed by atoms with Gasteiger partial charge in [-0.25, -0.2) is 9.48 Å². The molecule has 0 bridgehead atoms. The lowest BCUT2D eigenvalue weighted by Crippen LogP contribution is -2.56. The third-order valence-corrected chi connectivity index (χ3v) is 5.36. The first kappa shape index (κ1) is 15.3. The minimum Gasteiger partial charge on any atom is -0.467 e. The molecule has 1 aliphatic heterocycles. The van der Waals surface area contributed by atoms with E-state index >= 15 is 0 Å². The second kappa shape index (κ2) is 6.71. The van der Waals surface area contributed by atoms with Crippen molar-refractivity contribution in [1.29, 1.82) is 0 Å². The summed E-state index contributed by atoms with van der Waals surface area (Å²) in [5, 5.41) is 7.30. The van der Waals surface area contributed by atoms with Gasteiger partial charge in [0.25, 0.3) is 0 Å². The average Bonchev–Trinajstić information content (AvgIpc) is 3.20. The van der Waals surface area contributed by atoms with Crippen LogP contribution in [0.25, 0.3) is 0 Å². The number of nitrogens with one attached hydrogen (secondary N) is 1. The summed E-state index contributed by atoms with van der Waals surface area (Å²) < 4.78 is 7.12. The molecule has 1 saturated heterocycles. The first-order chi connectivity index (χ1) is 11.8. The maximum atomic E-state index is 12.7. The summed E-state index contributed by atoms with van der Waals surface area (Å²) in [6.07, 6.45) is 11.0. The molecule has 2 aromatic rings. The van der Waals surface area contributed by atoms with E-state index in [0.717, 1.165) is 18.7 Å². The lowest BCUT2D eigenvalue weighted by molar-refractivity contribution is 0.0675. The predicted octanol–water partition coefficient (Wildman–Crippen LogP) is 3.71. The minimum absolute atomic E-state index is 0.00183. The molecule has 3 heterocycles. The van der Waals surface area contributed by atoms with E-state index in [4.69, 9.17) is 4.42 Å². The number of rotatable bonds is 4. The fraction of sp³-hybridized carbons (Fsp3) is 0.556. The normalized spacial score (nSPS) is 21.5. The number of nitrogens with zero attached hydrogens (tertiary/aromatic N) is 3. The van der Waals surface area contributed by atoms with Crippen molar-refractivity contribution in [1.82, 2.24) is 14.7 Å². The van der Waals surface area contributed by atoms with E-state index < -0.39 is 0 Å². The Kier molecular flexibility index (Phi) is 4.28. The van der Waals surface area contributed by atoms with Gasteiger partial charge in [0.05, 0.1) is 12.5 Å². The third kappa shape index (κ3) is 3.05. The summed E-state index contributed by atoms with van der Waals surface area (Å²) in [6, 6.07) is 6.01. The maximum absolute atomic E-state index is 12.7. The molecule has 0 radical (unpaired) electrons. The van der Waals surface area contributed by atoms with Crippen molar-refractivity contribution in [3.05, 3.63) is 36.4 Å². The Labute approximate surface area is 141 Å². The van der Waals surface area contributed by atoms with Gasteiger partial charge in [-0.3, -0.25) is 5.32 Å². The fourth-order valence-corrected chi connectivity index (χ4v) is 3.96. The van der Waals surface area contributed by atoms with Crippen molar-refractivity contribution in [3.8, 4) is 0 Å². The lowest BCUT2D eigenvalue weighted by Gasteiger charge is -2.46. The Bertz CT molecular complexity index is 673. The Morgan fingerprint density at radius 2 is 2.12 bits per heavy atom. The maximum Gasteiger partial charge on any atom is 0.323 e. The van der Waals surface area contributed by atoms with E-state index in [2.05, 4.69) is 10.4 Å². The number of carbonyl (C=O) groups excluding carboxylic acids is 1. The Morgan fingerprint density at radius 3 is 2.83 bits per heavy atom. The minimum atomic E-state index is -0.00183. The largest absolute Gasteiger partial charge is 0.467 e. The molecule has 2 fully saturated rings. The standard InChI is InChI=1S/C18H24N4O2/c23-18(21-11-9-16(21)14-5-2-1-3-6-14)20-17-8-10-19-22(17)13-15-7-4-12-24-15/h4,7-8,10,12,14,16H,1-3,5-6,9,11,13H2,(H,20,23). The average molecular weight is 328 g/mol. The highest BCUT2D eigenvalue weighted by molar-refractivity contribution is 5.89.